The Balaban J connectivity index is 2.23. The normalized spacial score (nSPS) is 20.2. The summed E-state index contributed by atoms with van der Waals surface area (Å²) in [6.45, 7) is 3.72. The molecule has 1 N–H and O–H groups in total. The van der Waals surface area contributed by atoms with Gasteiger partial charge in [0.25, 0.3) is 0 Å². The van der Waals surface area contributed by atoms with E-state index in [9.17, 15) is 9.90 Å². The van der Waals surface area contributed by atoms with Crippen molar-refractivity contribution in [1.29, 1.82) is 0 Å². The monoisotopic (exact) mass is 290 g/mol. The molecule has 4 nitrogen and oxygen atoms in total. The van der Waals surface area contributed by atoms with Crippen molar-refractivity contribution < 1.29 is 9.90 Å². The Morgan fingerprint density at radius 3 is 2.90 bits per heavy atom. The molecule has 5 heteroatoms. The zero-order chi connectivity index (χ0) is 14.5. The average molecular weight is 291 g/mol. The number of nitrogens with zero attached hydrogens (tertiary/aromatic N) is 2. The number of hydrogen-bond donors (Lipinski definition) is 1. The van der Waals surface area contributed by atoms with Crippen molar-refractivity contribution in [3.8, 4) is 0 Å². The molecule has 1 aromatic heterocycles. The number of ketones is 1. The number of hydrogen-bond acceptors (Lipinski definition) is 3. The van der Waals surface area contributed by atoms with Crippen LogP contribution in [0.2, 0.25) is 5.02 Å². The van der Waals surface area contributed by atoms with E-state index in [1.165, 1.54) is 0 Å². The number of imidazole rings is 1. The Morgan fingerprint density at radius 1 is 1.45 bits per heavy atom. The number of aliphatic hydroxyl groups excluding tert-OH is 1. The minimum Gasteiger partial charge on any atom is -0.390 e. The zero-order valence-electron chi connectivity index (χ0n) is 11.3. The summed E-state index contributed by atoms with van der Waals surface area (Å²) in [6.07, 6.45) is 3.28. The van der Waals surface area contributed by atoms with Crippen molar-refractivity contribution in [2.45, 2.75) is 26.5 Å². The molecule has 1 atom stereocenters. The van der Waals surface area contributed by atoms with Crippen molar-refractivity contribution in [2.75, 3.05) is 0 Å². The van der Waals surface area contributed by atoms with E-state index in [-0.39, 0.29) is 18.4 Å². The number of fused-ring (bicyclic) bond motifs is 1. The fraction of sp³-hybridized carbons (Fsp3) is 0.333. The third kappa shape index (κ3) is 1.72. The predicted octanol–water partition coefficient (Wildman–Crippen LogP) is 2.84. The molecule has 0 bridgehead atoms. The molecule has 0 radical (unpaired) electrons. The van der Waals surface area contributed by atoms with Gasteiger partial charge in [-0.15, -0.1) is 0 Å². The summed E-state index contributed by atoms with van der Waals surface area (Å²) < 4.78 is 1.87. The lowest BCUT2D eigenvalue weighted by atomic mass is 9.84. The predicted molar refractivity (Wildman–Crippen MR) is 75.9 cm³/mol. The van der Waals surface area contributed by atoms with Crippen LogP contribution in [-0.4, -0.2) is 20.4 Å². The molecule has 104 valence electrons. The average Bonchev–Trinajstić information content (AvgIpc) is 2.93. The number of halogens is 1. The largest absolute Gasteiger partial charge is 0.390 e. The summed E-state index contributed by atoms with van der Waals surface area (Å²) in [7, 11) is 0. The van der Waals surface area contributed by atoms with Gasteiger partial charge >= 0.3 is 0 Å². The summed E-state index contributed by atoms with van der Waals surface area (Å²) in [6, 6.07) is 5.22. The molecule has 1 aromatic carbocycles. The lowest BCUT2D eigenvalue weighted by molar-refractivity contribution is 0.0817. The van der Waals surface area contributed by atoms with Crippen LogP contribution < -0.4 is 0 Å². The van der Waals surface area contributed by atoms with Crippen molar-refractivity contribution >= 4 is 17.4 Å². The maximum Gasteiger partial charge on any atom is 0.171 e. The van der Waals surface area contributed by atoms with Crippen molar-refractivity contribution in [3.05, 3.63) is 52.6 Å². The number of carbonyl (C=O) groups excluding carboxylic acids is 1. The SMILES string of the molecule is CC1(C)C(=O)c2cc(Cl)ccc2[C@@H]1n1cncc1CO. The van der Waals surface area contributed by atoms with Crippen molar-refractivity contribution in [3.63, 3.8) is 0 Å². The molecule has 0 saturated heterocycles. The van der Waals surface area contributed by atoms with E-state index in [0.717, 1.165) is 5.56 Å². The second kappa shape index (κ2) is 4.43. The van der Waals surface area contributed by atoms with Crippen LogP contribution in [0.1, 0.15) is 41.5 Å². The molecule has 0 amide bonds. The van der Waals surface area contributed by atoms with E-state index in [2.05, 4.69) is 4.98 Å². The van der Waals surface area contributed by atoms with Gasteiger partial charge < -0.3 is 9.67 Å². The van der Waals surface area contributed by atoms with Crippen LogP contribution in [0.15, 0.2) is 30.7 Å². The van der Waals surface area contributed by atoms with Gasteiger partial charge in [0.15, 0.2) is 5.78 Å². The fourth-order valence-electron chi connectivity index (χ4n) is 3.01. The topological polar surface area (TPSA) is 55.1 Å². The summed E-state index contributed by atoms with van der Waals surface area (Å²) in [5.74, 6) is 0.0672. The summed E-state index contributed by atoms with van der Waals surface area (Å²) in [4.78, 5) is 16.7. The van der Waals surface area contributed by atoms with Crippen molar-refractivity contribution in [2.24, 2.45) is 5.41 Å². The number of aromatic nitrogens is 2. The summed E-state index contributed by atoms with van der Waals surface area (Å²) in [5.41, 5.74) is 1.68. The highest BCUT2D eigenvalue weighted by Gasteiger charge is 2.47. The minimum absolute atomic E-state index is 0.0672. The van der Waals surface area contributed by atoms with Crippen LogP contribution in [0, 0.1) is 5.41 Å². The molecule has 20 heavy (non-hydrogen) atoms. The fourth-order valence-corrected chi connectivity index (χ4v) is 3.18. The summed E-state index contributed by atoms with van der Waals surface area (Å²) >= 11 is 6.00. The maximum atomic E-state index is 12.6. The van der Waals surface area contributed by atoms with E-state index in [1.54, 1.807) is 24.7 Å². The standard InChI is InChI=1S/C15H15ClN2O2/c1-15(2)13(18-8-17-6-10(18)7-19)11-4-3-9(16)5-12(11)14(15)20/h3-6,8,13,19H,7H2,1-2H3/t13-/m0/s1. The number of benzene rings is 1. The zero-order valence-corrected chi connectivity index (χ0v) is 12.1. The molecule has 2 aromatic rings. The van der Waals surface area contributed by atoms with Crippen LogP contribution in [0.5, 0.6) is 0 Å². The highest BCUT2D eigenvalue weighted by atomic mass is 35.5. The van der Waals surface area contributed by atoms with Gasteiger partial charge in [-0.3, -0.25) is 4.79 Å². The number of rotatable bonds is 2. The number of carbonyl (C=O) groups is 1. The lowest BCUT2D eigenvalue weighted by Gasteiger charge is -2.28. The van der Waals surface area contributed by atoms with Gasteiger partial charge in [-0.1, -0.05) is 31.5 Å². The molecule has 0 saturated carbocycles. The first-order chi connectivity index (χ1) is 9.46. The molecule has 1 aliphatic carbocycles. The molecule has 0 aliphatic heterocycles. The molecular weight excluding hydrogens is 276 g/mol. The Morgan fingerprint density at radius 2 is 2.20 bits per heavy atom. The molecule has 3 rings (SSSR count). The van der Waals surface area contributed by atoms with Gasteiger partial charge in [-0.2, -0.15) is 0 Å². The van der Waals surface area contributed by atoms with E-state index in [4.69, 9.17) is 11.6 Å². The first-order valence-corrected chi connectivity index (χ1v) is 6.80. The number of Topliss-reactive ketones (excluding diaryl/α,β-unsaturated/α-hetero) is 1. The van der Waals surface area contributed by atoms with Crippen LogP contribution in [-0.2, 0) is 6.61 Å². The Bertz CT molecular complexity index is 691. The second-order valence-electron chi connectivity index (χ2n) is 5.64. The van der Waals surface area contributed by atoms with Gasteiger partial charge in [-0.05, 0) is 17.7 Å². The van der Waals surface area contributed by atoms with Crippen molar-refractivity contribution in [1.82, 2.24) is 9.55 Å². The quantitative estimate of drug-likeness (QED) is 0.925. The van der Waals surface area contributed by atoms with Crippen LogP contribution in [0.4, 0.5) is 0 Å². The Kier molecular flexibility index (Phi) is 2.96. The Labute approximate surface area is 122 Å². The third-order valence-corrected chi connectivity index (χ3v) is 4.24. The molecular formula is C15H15ClN2O2. The maximum absolute atomic E-state index is 12.6. The highest BCUT2D eigenvalue weighted by Crippen LogP contribution is 2.48. The highest BCUT2D eigenvalue weighted by molar-refractivity contribution is 6.31. The smallest absolute Gasteiger partial charge is 0.171 e. The first-order valence-electron chi connectivity index (χ1n) is 6.42. The van der Waals surface area contributed by atoms with E-state index >= 15 is 0 Å². The Hall–Kier alpha value is -1.65. The van der Waals surface area contributed by atoms with Gasteiger partial charge in [0, 0.05) is 10.6 Å². The van der Waals surface area contributed by atoms with Crippen LogP contribution in [0.3, 0.4) is 0 Å². The molecule has 0 unspecified atom stereocenters. The van der Waals surface area contributed by atoms with Gasteiger partial charge in [0.1, 0.15) is 0 Å². The minimum atomic E-state index is -0.600. The van der Waals surface area contributed by atoms with Gasteiger partial charge in [-0.25, -0.2) is 4.98 Å². The van der Waals surface area contributed by atoms with Crippen LogP contribution >= 0.6 is 11.6 Å². The lowest BCUT2D eigenvalue weighted by Crippen LogP contribution is -2.29. The first kappa shape index (κ1) is 13.3. The number of aliphatic hydroxyl groups is 1. The van der Waals surface area contributed by atoms with E-state index in [0.29, 0.717) is 16.3 Å². The van der Waals surface area contributed by atoms with Gasteiger partial charge in [0.05, 0.1) is 36.3 Å². The molecule has 0 spiro atoms. The van der Waals surface area contributed by atoms with Gasteiger partial charge in [0.2, 0.25) is 0 Å². The summed E-state index contributed by atoms with van der Waals surface area (Å²) in [5, 5.41) is 9.99. The van der Waals surface area contributed by atoms with E-state index < -0.39 is 5.41 Å². The van der Waals surface area contributed by atoms with Crippen LogP contribution in [0.25, 0.3) is 0 Å². The second-order valence-corrected chi connectivity index (χ2v) is 6.07. The third-order valence-electron chi connectivity index (χ3n) is 4.01. The molecule has 1 aliphatic rings. The molecule has 0 fully saturated rings. The van der Waals surface area contributed by atoms with E-state index in [1.807, 2.05) is 24.5 Å². The molecule has 1 heterocycles.